The Hall–Kier alpha value is -5.47. The summed E-state index contributed by atoms with van der Waals surface area (Å²) in [5.74, 6) is 0. The third kappa shape index (κ3) is 4.95. The largest absolute Gasteiger partial charge is 0.405 e. The molecule has 0 atom stereocenters. The van der Waals surface area contributed by atoms with Crippen molar-refractivity contribution in [1.82, 2.24) is 0 Å². The molecule has 6 aromatic carbocycles. The number of benzene rings is 6. The molecule has 0 aliphatic heterocycles. The van der Waals surface area contributed by atoms with Gasteiger partial charge in [0.15, 0.2) is 0 Å². The minimum Gasteiger partial charge on any atom is -0.405 e. The lowest BCUT2D eigenvalue weighted by Gasteiger charge is -2.18. The van der Waals surface area contributed by atoms with Crippen molar-refractivity contribution < 1.29 is 0 Å². The normalized spacial score (nSPS) is 12.4. The summed E-state index contributed by atoms with van der Waals surface area (Å²) in [5.41, 5.74) is 13.9. The fourth-order valence-electron chi connectivity index (χ4n) is 5.74. The lowest BCUT2D eigenvalue weighted by Crippen LogP contribution is -1.92. The Labute approximate surface area is 247 Å². The number of hydrogen-bond acceptors (Lipinski definition) is 2. The molecule has 2 heteroatoms. The van der Waals surface area contributed by atoms with Crippen LogP contribution in [0.15, 0.2) is 157 Å². The molecule has 0 heterocycles. The molecular formula is C40H32N2. The van der Waals surface area contributed by atoms with Gasteiger partial charge in [0, 0.05) is 6.21 Å². The van der Waals surface area contributed by atoms with Crippen LogP contribution in [-0.2, 0) is 0 Å². The molecule has 42 heavy (non-hydrogen) atoms. The van der Waals surface area contributed by atoms with Crippen LogP contribution >= 0.6 is 0 Å². The Morgan fingerprint density at radius 3 is 1.76 bits per heavy atom. The van der Waals surface area contributed by atoms with E-state index in [1.807, 2.05) is 19.1 Å². The van der Waals surface area contributed by atoms with Gasteiger partial charge in [-0.25, -0.2) is 0 Å². The van der Waals surface area contributed by atoms with Crippen LogP contribution in [0, 0.1) is 5.41 Å². The standard InChI is InChI=1S/C40H32N2/c1-27(10-9-23-41)28(2)24-34(26-42)30-17-20-31(21-18-30)39-35-13-5-7-15-37(35)40(38-16-8-6-14-36(38)39)33-22-19-29-11-3-4-12-32(29)25-33/h3-26,42H,2,41H2,1H3/b23-9-,27-10+,34-24+,42-26?. The number of rotatable bonds is 7. The van der Waals surface area contributed by atoms with Crippen LogP contribution in [0.25, 0.3) is 60.1 Å². The first-order valence-electron chi connectivity index (χ1n) is 14.1. The lowest BCUT2D eigenvalue weighted by atomic mass is 9.85. The molecule has 2 nitrogen and oxygen atoms in total. The number of nitrogens with two attached hydrogens (primary N) is 1. The molecule has 202 valence electrons. The van der Waals surface area contributed by atoms with E-state index in [1.165, 1.54) is 61.4 Å². The van der Waals surface area contributed by atoms with Crippen LogP contribution < -0.4 is 5.73 Å². The number of nitrogens with one attached hydrogen (secondary N) is 1. The highest BCUT2D eigenvalue weighted by Gasteiger charge is 2.16. The average Bonchev–Trinajstić information content (AvgIpc) is 3.04. The molecule has 0 aliphatic rings. The predicted molar refractivity (Wildman–Crippen MR) is 183 cm³/mol. The van der Waals surface area contributed by atoms with Gasteiger partial charge in [-0.3, -0.25) is 0 Å². The predicted octanol–water partition coefficient (Wildman–Crippen LogP) is 10.5. The molecule has 0 aliphatic carbocycles. The summed E-state index contributed by atoms with van der Waals surface area (Å²) in [7, 11) is 0. The molecule has 3 N–H and O–H groups in total. The second kappa shape index (κ2) is 11.6. The van der Waals surface area contributed by atoms with Crippen molar-refractivity contribution in [2.75, 3.05) is 0 Å². The van der Waals surface area contributed by atoms with E-state index in [2.05, 4.69) is 122 Å². The number of hydrogen-bond donors (Lipinski definition) is 2. The maximum Gasteiger partial charge on any atom is 0.0256 e. The van der Waals surface area contributed by atoms with E-state index < -0.39 is 0 Å². The van der Waals surface area contributed by atoms with Crippen LogP contribution in [0.2, 0.25) is 0 Å². The first kappa shape index (κ1) is 26.7. The average molecular weight is 541 g/mol. The molecule has 0 aromatic heterocycles. The monoisotopic (exact) mass is 540 g/mol. The van der Waals surface area contributed by atoms with Gasteiger partial charge in [0.05, 0.1) is 0 Å². The van der Waals surface area contributed by atoms with E-state index in [4.69, 9.17) is 11.1 Å². The summed E-state index contributed by atoms with van der Waals surface area (Å²) in [6.45, 7) is 6.17. The van der Waals surface area contributed by atoms with Crippen molar-refractivity contribution in [1.29, 1.82) is 5.41 Å². The SMILES string of the molecule is C=C(/C=C(\C=N)c1ccc(-c2c3ccccc3c(-c3ccc4ccccc4c3)c3ccccc23)cc1)/C(C)=C/C=C\N. The Morgan fingerprint density at radius 1 is 0.667 bits per heavy atom. The van der Waals surface area contributed by atoms with Gasteiger partial charge in [0.1, 0.15) is 0 Å². The fraction of sp³-hybridized carbons (Fsp3) is 0.0250. The minimum atomic E-state index is 0.803. The van der Waals surface area contributed by atoms with E-state index >= 15 is 0 Å². The van der Waals surface area contributed by atoms with Gasteiger partial charge < -0.3 is 11.1 Å². The number of fused-ring (bicyclic) bond motifs is 3. The van der Waals surface area contributed by atoms with Crippen molar-refractivity contribution in [2.45, 2.75) is 6.92 Å². The highest BCUT2D eigenvalue weighted by molar-refractivity contribution is 6.21. The van der Waals surface area contributed by atoms with Gasteiger partial charge in [-0.15, -0.1) is 0 Å². The molecule has 0 fully saturated rings. The summed E-state index contributed by atoms with van der Waals surface area (Å²) in [6.07, 6.45) is 8.53. The molecule has 0 saturated heterocycles. The zero-order valence-electron chi connectivity index (χ0n) is 23.6. The van der Waals surface area contributed by atoms with Crippen LogP contribution in [0.1, 0.15) is 12.5 Å². The Kier molecular flexibility index (Phi) is 7.36. The molecule has 0 bridgehead atoms. The Morgan fingerprint density at radius 2 is 1.19 bits per heavy atom. The van der Waals surface area contributed by atoms with Crippen molar-refractivity contribution in [3.63, 3.8) is 0 Å². The third-order valence-electron chi connectivity index (χ3n) is 7.93. The summed E-state index contributed by atoms with van der Waals surface area (Å²) in [5, 5.41) is 15.5. The second-order valence-electron chi connectivity index (χ2n) is 10.5. The van der Waals surface area contributed by atoms with Crippen LogP contribution in [0.4, 0.5) is 0 Å². The second-order valence-corrected chi connectivity index (χ2v) is 10.5. The van der Waals surface area contributed by atoms with E-state index in [0.29, 0.717) is 0 Å². The van der Waals surface area contributed by atoms with Crippen molar-refractivity contribution in [3.8, 4) is 22.3 Å². The Bertz CT molecular complexity index is 2010. The molecule has 0 amide bonds. The highest BCUT2D eigenvalue weighted by atomic mass is 14.5. The van der Waals surface area contributed by atoms with Gasteiger partial charge in [0.25, 0.3) is 0 Å². The Balaban J connectivity index is 1.51. The summed E-state index contributed by atoms with van der Waals surface area (Å²) in [6, 6.07) is 41.2. The minimum absolute atomic E-state index is 0.803. The first-order valence-corrected chi connectivity index (χ1v) is 14.1. The molecule has 6 rings (SSSR count). The van der Waals surface area contributed by atoms with E-state index in [9.17, 15) is 0 Å². The van der Waals surface area contributed by atoms with Crippen LogP contribution in [0.3, 0.4) is 0 Å². The lowest BCUT2D eigenvalue weighted by molar-refractivity contribution is 1.43. The van der Waals surface area contributed by atoms with Gasteiger partial charge in [-0.05, 0) is 108 Å². The van der Waals surface area contributed by atoms with Crippen molar-refractivity contribution >= 4 is 44.1 Å². The fourth-order valence-corrected chi connectivity index (χ4v) is 5.74. The third-order valence-corrected chi connectivity index (χ3v) is 7.93. The number of allylic oxidation sites excluding steroid dienone is 6. The highest BCUT2D eigenvalue weighted by Crippen LogP contribution is 2.44. The maximum absolute atomic E-state index is 8.07. The van der Waals surface area contributed by atoms with E-state index in [1.54, 1.807) is 6.08 Å². The summed E-state index contributed by atoms with van der Waals surface area (Å²) in [4.78, 5) is 0. The smallest absolute Gasteiger partial charge is 0.0256 e. The van der Waals surface area contributed by atoms with Gasteiger partial charge >= 0.3 is 0 Å². The molecular weight excluding hydrogens is 508 g/mol. The molecule has 0 saturated carbocycles. The zero-order chi connectivity index (χ0) is 29.1. The summed E-state index contributed by atoms with van der Waals surface area (Å²) >= 11 is 0. The zero-order valence-corrected chi connectivity index (χ0v) is 23.6. The molecule has 0 radical (unpaired) electrons. The molecule has 0 spiro atoms. The van der Waals surface area contributed by atoms with Crippen molar-refractivity contribution in [3.05, 3.63) is 163 Å². The molecule has 0 unspecified atom stereocenters. The van der Waals surface area contributed by atoms with Crippen molar-refractivity contribution in [2.24, 2.45) is 5.73 Å². The maximum atomic E-state index is 8.07. The quantitative estimate of drug-likeness (QED) is 0.118. The van der Waals surface area contributed by atoms with Gasteiger partial charge in [-0.1, -0.05) is 122 Å². The molecule has 6 aromatic rings. The first-order chi connectivity index (χ1) is 20.6. The van der Waals surface area contributed by atoms with E-state index in [0.717, 1.165) is 27.8 Å². The van der Waals surface area contributed by atoms with Crippen LogP contribution in [0.5, 0.6) is 0 Å². The van der Waals surface area contributed by atoms with Gasteiger partial charge in [-0.2, -0.15) is 0 Å². The van der Waals surface area contributed by atoms with Gasteiger partial charge in [0.2, 0.25) is 0 Å². The summed E-state index contributed by atoms with van der Waals surface area (Å²) < 4.78 is 0. The van der Waals surface area contributed by atoms with E-state index in [-0.39, 0.29) is 0 Å². The topological polar surface area (TPSA) is 49.9 Å². The van der Waals surface area contributed by atoms with Crippen LogP contribution in [-0.4, -0.2) is 6.21 Å².